The van der Waals surface area contributed by atoms with Gasteiger partial charge < -0.3 is 9.47 Å². The minimum atomic E-state index is -1.87. The maximum Gasteiger partial charge on any atom is 0.214 e. The van der Waals surface area contributed by atoms with Gasteiger partial charge in [-0.25, -0.2) is 0 Å². The largest absolute Gasteiger partial charge is 0.448 e. The van der Waals surface area contributed by atoms with E-state index in [0.29, 0.717) is 18.4 Å². The molecule has 2 bridgehead atoms. The van der Waals surface area contributed by atoms with Crippen LogP contribution in [0.1, 0.15) is 43.9 Å². The molecule has 0 amide bonds. The standard InChI is InChI=1S/C20H20N4O2/c1-4-7-15-18(3)25-16(14-9-6-5-8-13(14)2)19(10-21,11-22)20(15,12-23)17(24)26-18/h5-6,8-9,15-16,24H,4,7H2,1-3H3. The number of aryl methyl sites for hydroxylation is 1. The van der Waals surface area contributed by atoms with E-state index in [0.717, 1.165) is 5.56 Å². The summed E-state index contributed by atoms with van der Waals surface area (Å²) in [5.74, 6) is -2.15. The Morgan fingerprint density at radius 1 is 1.15 bits per heavy atom. The van der Waals surface area contributed by atoms with Gasteiger partial charge in [0.2, 0.25) is 17.1 Å². The van der Waals surface area contributed by atoms with Gasteiger partial charge in [0, 0.05) is 6.92 Å². The summed E-state index contributed by atoms with van der Waals surface area (Å²) in [6, 6.07) is 13.6. The van der Waals surface area contributed by atoms with Gasteiger partial charge in [-0.2, -0.15) is 15.8 Å². The lowest BCUT2D eigenvalue weighted by molar-refractivity contribution is -0.274. The van der Waals surface area contributed by atoms with Gasteiger partial charge in [-0.05, 0) is 24.5 Å². The van der Waals surface area contributed by atoms with Crippen molar-refractivity contribution in [3.05, 3.63) is 35.4 Å². The van der Waals surface area contributed by atoms with Crippen LogP contribution in [0.5, 0.6) is 0 Å². The monoisotopic (exact) mass is 348 g/mol. The third kappa shape index (κ3) is 1.90. The Hall–Kier alpha value is -2.88. The molecule has 2 heterocycles. The molecule has 0 aromatic heterocycles. The summed E-state index contributed by atoms with van der Waals surface area (Å²) in [5.41, 5.74) is -2.04. The highest BCUT2D eigenvalue weighted by Crippen LogP contribution is 2.67. The summed E-state index contributed by atoms with van der Waals surface area (Å²) in [5, 5.41) is 38.8. The van der Waals surface area contributed by atoms with Crippen molar-refractivity contribution in [1.29, 1.82) is 21.2 Å². The number of fused-ring (bicyclic) bond motifs is 2. The maximum atomic E-state index is 10.2. The van der Waals surface area contributed by atoms with E-state index in [1.165, 1.54) is 0 Å². The molecule has 6 nitrogen and oxygen atoms in total. The molecule has 26 heavy (non-hydrogen) atoms. The number of hydrogen-bond donors (Lipinski definition) is 1. The lowest BCUT2D eigenvalue weighted by atomic mass is 9.52. The fourth-order valence-corrected chi connectivity index (χ4v) is 4.48. The van der Waals surface area contributed by atoms with Crippen molar-refractivity contribution in [3.63, 3.8) is 0 Å². The predicted molar refractivity (Wildman–Crippen MR) is 92.3 cm³/mol. The first-order chi connectivity index (χ1) is 12.4. The van der Waals surface area contributed by atoms with Crippen molar-refractivity contribution < 1.29 is 9.47 Å². The van der Waals surface area contributed by atoms with Crippen LogP contribution in [0.25, 0.3) is 0 Å². The Bertz CT molecular complexity index is 876. The minimum absolute atomic E-state index is 0.347. The van der Waals surface area contributed by atoms with Crippen molar-refractivity contribution in [2.75, 3.05) is 0 Å². The van der Waals surface area contributed by atoms with Crippen LogP contribution in [0.2, 0.25) is 0 Å². The molecule has 2 aliphatic heterocycles. The smallest absolute Gasteiger partial charge is 0.214 e. The highest BCUT2D eigenvalue weighted by molar-refractivity contribution is 5.89. The van der Waals surface area contributed by atoms with Gasteiger partial charge in [0.05, 0.1) is 24.1 Å². The zero-order valence-corrected chi connectivity index (χ0v) is 15.0. The molecule has 0 aliphatic carbocycles. The van der Waals surface area contributed by atoms with E-state index in [1.807, 2.05) is 26.0 Å². The van der Waals surface area contributed by atoms with Gasteiger partial charge in [0.15, 0.2) is 5.41 Å². The third-order valence-corrected chi connectivity index (χ3v) is 5.76. The normalized spacial score (nSPS) is 34.2. The van der Waals surface area contributed by atoms with E-state index in [2.05, 4.69) is 18.2 Å². The van der Waals surface area contributed by atoms with Gasteiger partial charge in [0.1, 0.15) is 6.10 Å². The van der Waals surface area contributed by atoms with E-state index in [1.54, 1.807) is 19.1 Å². The number of rotatable bonds is 3. The molecule has 132 valence electrons. The quantitative estimate of drug-likeness (QED) is 0.893. The highest BCUT2D eigenvalue weighted by Gasteiger charge is 2.79. The SMILES string of the molecule is CCCC1C2(C)OC(=N)C1(C#N)C(C#N)(C#N)C(c1ccccc1C)O2. The summed E-state index contributed by atoms with van der Waals surface area (Å²) < 4.78 is 12.0. The molecule has 4 unspecified atom stereocenters. The number of hydrogen-bond acceptors (Lipinski definition) is 6. The predicted octanol–water partition coefficient (Wildman–Crippen LogP) is 3.75. The highest BCUT2D eigenvalue weighted by atomic mass is 16.7. The summed E-state index contributed by atoms with van der Waals surface area (Å²) in [6.07, 6.45) is 0.239. The van der Waals surface area contributed by atoms with Crippen LogP contribution < -0.4 is 0 Å². The second-order valence-corrected chi connectivity index (χ2v) is 7.09. The lowest BCUT2D eigenvalue weighted by Gasteiger charge is -2.49. The molecule has 4 atom stereocenters. The Labute approximate surface area is 153 Å². The number of nitriles is 3. The summed E-state index contributed by atoms with van der Waals surface area (Å²) in [7, 11) is 0. The Balaban J connectivity index is 2.35. The third-order valence-electron chi connectivity index (χ3n) is 5.76. The number of nitrogens with one attached hydrogen (secondary N) is 1. The van der Waals surface area contributed by atoms with Crippen molar-refractivity contribution in [2.24, 2.45) is 16.7 Å². The van der Waals surface area contributed by atoms with Crippen LogP contribution >= 0.6 is 0 Å². The average molecular weight is 348 g/mol. The van der Waals surface area contributed by atoms with Crippen molar-refractivity contribution in [1.82, 2.24) is 0 Å². The van der Waals surface area contributed by atoms with Crippen molar-refractivity contribution in [3.8, 4) is 18.2 Å². The Morgan fingerprint density at radius 2 is 1.81 bits per heavy atom. The van der Waals surface area contributed by atoms with E-state index in [-0.39, 0.29) is 5.90 Å². The van der Waals surface area contributed by atoms with E-state index < -0.39 is 28.6 Å². The molecular formula is C20H20N4O2. The number of ether oxygens (including phenoxy) is 2. The first-order valence-electron chi connectivity index (χ1n) is 8.62. The zero-order chi connectivity index (χ0) is 19.2. The molecule has 0 radical (unpaired) electrons. The number of nitrogens with zero attached hydrogens (tertiary/aromatic N) is 3. The van der Waals surface area contributed by atoms with Gasteiger partial charge >= 0.3 is 0 Å². The molecule has 0 saturated carbocycles. The summed E-state index contributed by atoms with van der Waals surface area (Å²) in [4.78, 5) is 0. The van der Waals surface area contributed by atoms with Crippen molar-refractivity contribution >= 4 is 5.90 Å². The molecule has 6 heteroatoms. The Morgan fingerprint density at radius 3 is 2.35 bits per heavy atom. The number of benzene rings is 1. The van der Waals surface area contributed by atoms with Crippen LogP contribution in [0.4, 0.5) is 0 Å². The van der Waals surface area contributed by atoms with Crippen LogP contribution in [-0.4, -0.2) is 11.7 Å². The van der Waals surface area contributed by atoms with E-state index in [4.69, 9.17) is 14.9 Å². The first-order valence-corrected chi connectivity index (χ1v) is 8.62. The first kappa shape index (κ1) is 17.9. The minimum Gasteiger partial charge on any atom is -0.448 e. The average Bonchev–Trinajstić information content (AvgIpc) is 2.79. The molecule has 3 rings (SSSR count). The fourth-order valence-electron chi connectivity index (χ4n) is 4.48. The summed E-state index contributed by atoms with van der Waals surface area (Å²) >= 11 is 0. The molecule has 2 fully saturated rings. The molecule has 0 spiro atoms. The lowest BCUT2D eigenvalue weighted by Crippen LogP contribution is -2.58. The second kappa shape index (κ2) is 5.84. The molecule has 1 N–H and O–H groups in total. The zero-order valence-electron chi connectivity index (χ0n) is 15.0. The molecular weight excluding hydrogens is 328 g/mol. The van der Waals surface area contributed by atoms with Crippen LogP contribution in [0.3, 0.4) is 0 Å². The van der Waals surface area contributed by atoms with E-state index in [9.17, 15) is 15.8 Å². The van der Waals surface area contributed by atoms with Gasteiger partial charge in [-0.15, -0.1) is 0 Å². The Kier molecular flexibility index (Phi) is 4.02. The van der Waals surface area contributed by atoms with Gasteiger partial charge in [-0.1, -0.05) is 37.6 Å². The molecule has 2 saturated heterocycles. The topological polar surface area (TPSA) is 114 Å². The fraction of sp³-hybridized carbons (Fsp3) is 0.500. The van der Waals surface area contributed by atoms with Gasteiger partial charge in [0.25, 0.3) is 0 Å². The second-order valence-electron chi connectivity index (χ2n) is 7.09. The molecule has 2 aliphatic rings. The van der Waals surface area contributed by atoms with Gasteiger partial charge in [-0.3, -0.25) is 5.41 Å². The molecule has 1 aromatic carbocycles. The van der Waals surface area contributed by atoms with Crippen LogP contribution in [0.15, 0.2) is 24.3 Å². The van der Waals surface area contributed by atoms with Crippen molar-refractivity contribution in [2.45, 2.75) is 45.5 Å². The van der Waals surface area contributed by atoms with Crippen LogP contribution in [0, 0.1) is 63.1 Å². The van der Waals surface area contributed by atoms with E-state index >= 15 is 0 Å². The molecule has 1 aromatic rings. The van der Waals surface area contributed by atoms with Crippen LogP contribution in [-0.2, 0) is 9.47 Å². The summed E-state index contributed by atoms with van der Waals surface area (Å²) in [6.45, 7) is 5.52. The maximum absolute atomic E-state index is 10.2.